The average molecular weight is 737 g/mol. The van der Waals surface area contributed by atoms with E-state index in [1.54, 1.807) is 41.9 Å². The Hall–Kier alpha value is -3.62. The van der Waals surface area contributed by atoms with Gasteiger partial charge in [-0.05, 0) is 74.5 Å². The molecule has 2 rings (SSSR count). The molecule has 3 amide bonds. The van der Waals surface area contributed by atoms with Crippen molar-refractivity contribution in [1.29, 1.82) is 0 Å². The number of primary amides is 1. The molecule has 1 fully saturated rings. The normalized spacial score (nSPS) is 19.4. The third-order valence-corrected chi connectivity index (χ3v) is 9.97. The zero-order valence-corrected chi connectivity index (χ0v) is 32.8. The summed E-state index contributed by atoms with van der Waals surface area (Å²) < 4.78 is 28.6. The molecule has 14 nitrogen and oxygen atoms in total. The van der Waals surface area contributed by atoms with E-state index >= 15 is 0 Å². The first kappa shape index (κ1) is 44.5. The minimum absolute atomic E-state index is 0.0222. The molecule has 0 radical (unpaired) electrons. The molecule has 6 atom stereocenters. The molecule has 1 heterocycles. The zero-order valence-electron chi connectivity index (χ0n) is 32.8. The van der Waals surface area contributed by atoms with Gasteiger partial charge in [0, 0.05) is 32.6 Å². The van der Waals surface area contributed by atoms with Crippen LogP contribution in [0.5, 0.6) is 11.5 Å². The van der Waals surface area contributed by atoms with Crippen LogP contribution in [0, 0.1) is 35.0 Å². The van der Waals surface area contributed by atoms with Crippen LogP contribution in [-0.4, -0.2) is 98.9 Å². The maximum Gasteiger partial charge on any atom is 0.409 e. The molecule has 0 saturated carbocycles. The van der Waals surface area contributed by atoms with Gasteiger partial charge in [0.15, 0.2) is 17.7 Å². The highest BCUT2D eigenvalue weighted by atomic mass is 16.6. The molecule has 1 aliphatic rings. The highest BCUT2D eigenvalue weighted by Gasteiger charge is 2.48. The molecule has 52 heavy (non-hydrogen) atoms. The lowest BCUT2D eigenvalue weighted by molar-refractivity contribution is -0.153. The van der Waals surface area contributed by atoms with E-state index in [2.05, 4.69) is 19.2 Å². The minimum atomic E-state index is -1.23. The summed E-state index contributed by atoms with van der Waals surface area (Å²) in [6.45, 7) is 15.6. The smallest absolute Gasteiger partial charge is 0.409 e. The first-order valence-electron chi connectivity index (χ1n) is 18.3. The highest BCUT2D eigenvalue weighted by molar-refractivity contribution is 5.83. The number of hydrogen-bond acceptors (Lipinski definition) is 10. The highest BCUT2D eigenvalue weighted by Crippen LogP contribution is 2.37. The molecule has 296 valence electrons. The fourth-order valence-corrected chi connectivity index (χ4v) is 6.14. The van der Waals surface area contributed by atoms with Crippen LogP contribution in [0.1, 0.15) is 80.2 Å². The van der Waals surface area contributed by atoms with E-state index in [9.17, 15) is 24.3 Å². The van der Waals surface area contributed by atoms with Crippen LogP contribution in [0.2, 0.25) is 0 Å². The molecule has 14 heteroatoms. The largest absolute Gasteiger partial charge is 0.493 e. The molecular formula is C38H64N4O10. The van der Waals surface area contributed by atoms with Gasteiger partial charge >= 0.3 is 12.1 Å². The number of ether oxygens (including phenoxy) is 5. The second-order valence-corrected chi connectivity index (χ2v) is 15.5. The SMILES string of the molecule is COCCCOc1cc(C[C@H](CC2C(C[C@H](C(=O)NCC(C)(C)C(N)=O)C(C)C)OC(COC(=O)[C@@H](N)C(C)C)N2C(=O)O)C(C)C)ccc1OC. The molecule has 1 saturated heterocycles. The summed E-state index contributed by atoms with van der Waals surface area (Å²) in [4.78, 5) is 52.4. The number of carbonyl (C=O) groups is 4. The number of methoxy groups -OCH3 is 2. The first-order chi connectivity index (χ1) is 24.3. The number of hydrogen-bond donors (Lipinski definition) is 4. The maximum absolute atomic E-state index is 13.6. The van der Waals surface area contributed by atoms with Gasteiger partial charge in [-0.1, -0.05) is 47.6 Å². The molecular weight excluding hydrogens is 672 g/mol. The summed E-state index contributed by atoms with van der Waals surface area (Å²) in [7, 11) is 3.23. The molecule has 0 spiro atoms. The molecule has 0 aliphatic carbocycles. The van der Waals surface area contributed by atoms with Crippen LogP contribution in [0.15, 0.2) is 18.2 Å². The Morgan fingerprint density at radius 1 is 0.981 bits per heavy atom. The van der Waals surface area contributed by atoms with E-state index in [4.69, 9.17) is 35.2 Å². The third-order valence-electron chi connectivity index (χ3n) is 9.97. The fourth-order valence-electron chi connectivity index (χ4n) is 6.14. The number of carbonyl (C=O) groups excluding carboxylic acids is 3. The third kappa shape index (κ3) is 12.8. The topological polar surface area (TPSA) is 202 Å². The lowest BCUT2D eigenvalue weighted by Crippen LogP contribution is -2.48. The van der Waals surface area contributed by atoms with E-state index in [1.165, 1.54) is 4.90 Å². The van der Waals surface area contributed by atoms with Crippen LogP contribution in [-0.2, 0) is 35.0 Å². The Labute approximate surface area is 309 Å². The Balaban J connectivity index is 2.46. The van der Waals surface area contributed by atoms with Gasteiger partial charge in [0.05, 0.1) is 31.3 Å². The Kier molecular flexibility index (Phi) is 17.6. The van der Waals surface area contributed by atoms with Crippen molar-refractivity contribution in [3.8, 4) is 11.5 Å². The predicted octanol–water partition coefficient (Wildman–Crippen LogP) is 4.21. The summed E-state index contributed by atoms with van der Waals surface area (Å²) in [6.07, 6.45) is -1.14. The van der Waals surface area contributed by atoms with E-state index in [-0.39, 0.29) is 49.2 Å². The fraction of sp³-hybridized carbons (Fsp3) is 0.737. The number of benzene rings is 1. The Bertz CT molecular complexity index is 1320. The van der Waals surface area contributed by atoms with Gasteiger partial charge in [0.2, 0.25) is 11.8 Å². The summed E-state index contributed by atoms with van der Waals surface area (Å²) in [5, 5.41) is 13.5. The standard InChI is InChI=1S/C38H64N4O10/c1-22(2)26(16-25-12-13-29(49-10)31(17-25)50-15-11-14-48-9)18-28-30(19-27(23(3)4)34(43)41-21-38(7,8)36(40)45)52-32(42(28)37(46)47)20-51-35(44)33(39)24(5)6/h12-13,17,22-24,26-28,30,32-33H,11,14-16,18-21,39H2,1-10H3,(H2,40,45)(H,41,43)(H,46,47)/t26-,27+,28?,30?,32?,33+/m1/s1. The summed E-state index contributed by atoms with van der Waals surface area (Å²) in [6, 6.07) is 4.23. The van der Waals surface area contributed by atoms with Crippen molar-refractivity contribution in [3.63, 3.8) is 0 Å². The second kappa shape index (κ2) is 20.6. The molecule has 6 N–H and O–H groups in total. The molecule has 0 aromatic heterocycles. The van der Waals surface area contributed by atoms with Crippen LogP contribution >= 0.6 is 0 Å². The van der Waals surface area contributed by atoms with E-state index in [0.29, 0.717) is 44.0 Å². The van der Waals surface area contributed by atoms with Crippen LogP contribution < -0.4 is 26.3 Å². The summed E-state index contributed by atoms with van der Waals surface area (Å²) in [5.74, 6) is -1.07. The van der Waals surface area contributed by atoms with E-state index < -0.39 is 53.7 Å². The van der Waals surface area contributed by atoms with Gasteiger partial charge in [0.1, 0.15) is 12.6 Å². The Morgan fingerprint density at radius 3 is 2.19 bits per heavy atom. The average Bonchev–Trinajstić information content (AvgIpc) is 3.42. The van der Waals surface area contributed by atoms with Gasteiger partial charge in [0.25, 0.3) is 0 Å². The first-order valence-corrected chi connectivity index (χ1v) is 18.3. The molecule has 1 aromatic carbocycles. The molecule has 3 unspecified atom stereocenters. The van der Waals surface area contributed by atoms with Gasteiger partial charge in [-0.3, -0.25) is 19.3 Å². The number of nitrogens with zero attached hydrogens (tertiary/aromatic N) is 1. The minimum Gasteiger partial charge on any atom is -0.493 e. The van der Waals surface area contributed by atoms with Crippen molar-refractivity contribution in [3.05, 3.63) is 23.8 Å². The number of nitrogens with two attached hydrogens (primary N) is 2. The predicted molar refractivity (Wildman–Crippen MR) is 197 cm³/mol. The van der Waals surface area contributed by atoms with Crippen molar-refractivity contribution >= 4 is 23.9 Å². The van der Waals surface area contributed by atoms with Gasteiger partial charge in [-0.2, -0.15) is 0 Å². The number of carboxylic acid groups (broad SMARTS) is 1. The van der Waals surface area contributed by atoms with Crippen LogP contribution in [0.4, 0.5) is 4.79 Å². The maximum atomic E-state index is 13.6. The number of amides is 3. The molecule has 1 aliphatic heterocycles. The quantitative estimate of drug-likeness (QED) is 0.0982. The number of rotatable bonds is 22. The molecule has 1 aromatic rings. The Morgan fingerprint density at radius 2 is 1.65 bits per heavy atom. The van der Waals surface area contributed by atoms with Crippen molar-refractivity contribution in [2.45, 2.75) is 105 Å². The lowest BCUT2D eigenvalue weighted by Gasteiger charge is -2.33. The van der Waals surface area contributed by atoms with Crippen molar-refractivity contribution in [2.24, 2.45) is 46.5 Å². The summed E-state index contributed by atoms with van der Waals surface area (Å²) >= 11 is 0. The van der Waals surface area contributed by atoms with Gasteiger partial charge in [-0.15, -0.1) is 0 Å². The van der Waals surface area contributed by atoms with Crippen LogP contribution in [0.3, 0.4) is 0 Å². The van der Waals surface area contributed by atoms with Crippen molar-refractivity contribution < 1.29 is 48.0 Å². The number of esters is 1. The van der Waals surface area contributed by atoms with Gasteiger partial charge < -0.3 is 45.6 Å². The van der Waals surface area contributed by atoms with Crippen molar-refractivity contribution in [1.82, 2.24) is 10.2 Å². The van der Waals surface area contributed by atoms with Crippen LogP contribution in [0.25, 0.3) is 0 Å². The molecule has 0 bridgehead atoms. The zero-order chi connectivity index (χ0) is 39.3. The second-order valence-electron chi connectivity index (χ2n) is 15.5. The van der Waals surface area contributed by atoms with Crippen molar-refractivity contribution in [2.75, 3.05) is 40.6 Å². The van der Waals surface area contributed by atoms with E-state index in [0.717, 1.165) is 5.56 Å². The van der Waals surface area contributed by atoms with Gasteiger partial charge in [-0.25, -0.2) is 4.79 Å². The number of nitrogens with one attached hydrogen (secondary N) is 1. The summed E-state index contributed by atoms with van der Waals surface area (Å²) in [5.41, 5.74) is 11.6. The van der Waals surface area contributed by atoms with E-state index in [1.807, 2.05) is 32.0 Å². The lowest BCUT2D eigenvalue weighted by atomic mass is 9.80. The monoisotopic (exact) mass is 736 g/mol.